The fourth-order valence-electron chi connectivity index (χ4n) is 1.93. The molecule has 1 aromatic heterocycles. The van der Waals surface area contributed by atoms with Crippen molar-refractivity contribution in [1.29, 1.82) is 0 Å². The molecule has 0 saturated carbocycles. The van der Waals surface area contributed by atoms with Gasteiger partial charge in [0.25, 0.3) is 0 Å². The van der Waals surface area contributed by atoms with Crippen LogP contribution in [-0.2, 0) is 11.2 Å². The molecule has 2 aromatic rings. The van der Waals surface area contributed by atoms with Crippen molar-refractivity contribution in [2.24, 2.45) is 0 Å². The van der Waals surface area contributed by atoms with Crippen molar-refractivity contribution < 1.29 is 18.3 Å². The summed E-state index contributed by atoms with van der Waals surface area (Å²) in [4.78, 5) is 16.1. The Balaban J connectivity index is 2.45. The summed E-state index contributed by atoms with van der Waals surface area (Å²) in [5.41, 5.74) is 1.91. The van der Waals surface area contributed by atoms with Gasteiger partial charge in [-0.3, -0.25) is 0 Å². The van der Waals surface area contributed by atoms with Gasteiger partial charge in [-0.1, -0.05) is 6.92 Å². The van der Waals surface area contributed by atoms with Gasteiger partial charge in [-0.2, -0.15) is 0 Å². The van der Waals surface area contributed by atoms with Gasteiger partial charge in [-0.05, 0) is 44.0 Å². The number of hydrogen-bond acceptors (Lipinski definition) is 4. The summed E-state index contributed by atoms with van der Waals surface area (Å²) in [6.45, 7) is 5.64. The standard InChI is InChI=1S/C15H16FNO3/c1-4-12-13(15(18)19-5-2)20-14(17-12)11-7-6-10(16)8-9(11)3/h6-8H,4-5H2,1-3H3. The summed E-state index contributed by atoms with van der Waals surface area (Å²) in [5, 5.41) is 0. The van der Waals surface area contributed by atoms with Crippen LogP contribution in [-0.4, -0.2) is 17.6 Å². The second-order valence-corrected chi connectivity index (χ2v) is 4.33. The summed E-state index contributed by atoms with van der Waals surface area (Å²) >= 11 is 0. The molecule has 106 valence electrons. The van der Waals surface area contributed by atoms with Gasteiger partial charge in [0.05, 0.1) is 12.3 Å². The van der Waals surface area contributed by atoms with Gasteiger partial charge in [-0.25, -0.2) is 14.2 Å². The number of oxazole rings is 1. The maximum absolute atomic E-state index is 13.1. The van der Waals surface area contributed by atoms with Gasteiger partial charge in [0.1, 0.15) is 5.82 Å². The number of ether oxygens (including phenoxy) is 1. The van der Waals surface area contributed by atoms with Crippen molar-refractivity contribution in [3.8, 4) is 11.5 Å². The molecule has 0 aliphatic rings. The third-order valence-electron chi connectivity index (χ3n) is 2.91. The lowest BCUT2D eigenvalue weighted by Gasteiger charge is -2.01. The lowest BCUT2D eigenvalue weighted by molar-refractivity contribution is 0.0489. The van der Waals surface area contributed by atoms with Crippen LogP contribution in [0.25, 0.3) is 11.5 Å². The first kappa shape index (κ1) is 14.2. The Bertz CT molecular complexity index is 634. The first-order chi connectivity index (χ1) is 9.56. The predicted molar refractivity (Wildman–Crippen MR) is 72.0 cm³/mol. The van der Waals surface area contributed by atoms with Crippen LogP contribution in [0.4, 0.5) is 4.39 Å². The molecule has 20 heavy (non-hydrogen) atoms. The third-order valence-corrected chi connectivity index (χ3v) is 2.91. The molecule has 2 rings (SSSR count). The van der Waals surface area contributed by atoms with E-state index >= 15 is 0 Å². The maximum atomic E-state index is 13.1. The fourth-order valence-corrected chi connectivity index (χ4v) is 1.93. The van der Waals surface area contributed by atoms with E-state index in [-0.39, 0.29) is 18.2 Å². The van der Waals surface area contributed by atoms with Gasteiger partial charge >= 0.3 is 5.97 Å². The van der Waals surface area contributed by atoms with Gasteiger partial charge < -0.3 is 9.15 Å². The number of benzene rings is 1. The largest absolute Gasteiger partial charge is 0.460 e. The average Bonchev–Trinajstić information content (AvgIpc) is 2.83. The van der Waals surface area contributed by atoms with E-state index in [1.807, 2.05) is 6.92 Å². The first-order valence-corrected chi connectivity index (χ1v) is 6.50. The molecule has 0 aliphatic heterocycles. The number of aromatic nitrogens is 1. The Morgan fingerprint density at radius 3 is 2.75 bits per heavy atom. The van der Waals surface area contributed by atoms with E-state index in [4.69, 9.17) is 9.15 Å². The lowest BCUT2D eigenvalue weighted by Crippen LogP contribution is -2.05. The van der Waals surface area contributed by atoms with E-state index < -0.39 is 5.97 Å². The van der Waals surface area contributed by atoms with E-state index in [9.17, 15) is 9.18 Å². The summed E-state index contributed by atoms with van der Waals surface area (Å²) < 4.78 is 23.6. The van der Waals surface area contributed by atoms with Crippen LogP contribution in [0.2, 0.25) is 0 Å². The highest BCUT2D eigenvalue weighted by Crippen LogP contribution is 2.26. The normalized spacial score (nSPS) is 10.6. The molecule has 0 unspecified atom stereocenters. The molecular formula is C15H16FNO3. The van der Waals surface area contributed by atoms with Gasteiger partial charge in [0, 0.05) is 5.56 Å². The molecule has 0 amide bonds. The number of esters is 1. The van der Waals surface area contributed by atoms with E-state index in [0.29, 0.717) is 29.1 Å². The third kappa shape index (κ3) is 2.71. The van der Waals surface area contributed by atoms with Gasteiger partial charge in [0.15, 0.2) is 0 Å². The second kappa shape index (κ2) is 5.86. The monoisotopic (exact) mass is 277 g/mol. The van der Waals surface area contributed by atoms with Crippen LogP contribution in [0.15, 0.2) is 22.6 Å². The highest BCUT2D eigenvalue weighted by atomic mass is 19.1. The Hall–Kier alpha value is -2.17. The summed E-state index contributed by atoms with van der Waals surface area (Å²) in [5.74, 6) is -0.419. The molecule has 0 atom stereocenters. The zero-order valence-electron chi connectivity index (χ0n) is 11.7. The highest BCUT2D eigenvalue weighted by molar-refractivity contribution is 5.88. The molecular weight excluding hydrogens is 261 g/mol. The van der Waals surface area contributed by atoms with E-state index in [0.717, 1.165) is 0 Å². The van der Waals surface area contributed by atoms with Crippen molar-refractivity contribution in [3.63, 3.8) is 0 Å². The van der Waals surface area contributed by atoms with Gasteiger partial charge in [-0.15, -0.1) is 0 Å². The number of hydrogen-bond donors (Lipinski definition) is 0. The van der Waals surface area contributed by atoms with Gasteiger partial charge in [0.2, 0.25) is 11.7 Å². The fraction of sp³-hybridized carbons (Fsp3) is 0.333. The van der Waals surface area contributed by atoms with E-state index in [1.54, 1.807) is 19.9 Å². The van der Waals surface area contributed by atoms with Crippen molar-refractivity contribution in [3.05, 3.63) is 41.0 Å². The quantitative estimate of drug-likeness (QED) is 0.802. The molecule has 4 nitrogen and oxygen atoms in total. The topological polar surface area (TPSA) is 52.3 Å². The summed E-state index contributed by atoms with van der Waals surface area (Å²) in [6.07, 6.45) is 0.553. The zero-order valence-corrected chi connectivity index (χ0v) is 11.7. The average molecular weight is 277 g/mol. The van der Waals surface area contributed by atoms with Crippen LogP contribution in [0.3, 0.4) is 0 Å². The number of aryl methyl sites for hydroxylation is 2. The summed E-state index contributed by atoms with van der Waals surface area (Å²) in [6, 6.07) is 4.32. The number of carbonyl (C=O) groups excluding carboxylic acids is 1. The minimum atomic E-state index is -0.525. The van der Waals surface area contributed by atoms with Crippen molar-refractivity contribution >= 4 is 5.97 Å². The number of carbonyl (C=O) groups is 1. The number of nitrogens with zero attached hydrogens (tertiary/aromatic N) is 1. The molecule has 0 bridgehead atoms. The Kier molecular flexibility index (Phi) is 4.17. The zero-order chi connectivity index (χ0) is 14.7. The molecule has 0 radical (unpaired) electrons. The highest BCUT2D eigenvalue weighted by Gasteiger charge is 2.21. The summed E-state index contributed by atoms with van der Waals surface area (Å²) in [7, 11) is 0. The number of rotatable bonds is 4. The molecule has 0 N–H and O–H groups in total. The minimum absolute atomic E-state index is 0.119. The SMILES string of the molecule is CCOC(=O)c1oc(-c2ccc(F)cc2C)nc1CC. The Morgan fingerprint density at radius 1 is 1.40 bits per heavy atom. The maximum Gasteiger partial charge on any atom is 0.376 e. The van der Waals surface area contributed by atoms with Crippen LogP contribution in [0.5, 0.6) is 0 Å². The molecule has 5 heteroatoms. The minimum Gasteiger partial charge on any atom is -0.460 e. The van der Waals surface area contributed by atoms with Crippen molar-refractivity contribution in [2.45, 2.75) is 27.2 Å². The molecule has 0 fully saturated rings. The van der Waals surface area contributed by atoms with Crippen molar-refractivity contribution in [1.82, 2.24) is 4.98 Å². The Labute approximate surface area is 116 Å². The molecule has 1 heterocycles. The second-order valence-electron chi connectivity index (χ2n) is 4.33. The van der Waals surface area contributed by atoms with Crippen LogP contribution >= 0.6 is 0 Å². The van der Waals surface area contributed by atoms with E-state index in [2.05, 4.69) is 4.98 Å². The predicted octanol–water partition coefficient (Wildman–Crippen LogP) is 3.53. The molecule has 0 spiro atoms. The molecule has 0 aliphatic carbocycles. The molecule has 1 aromatic carbocycles. The van der Waals surface area contributed by atoms with Crippen LogP contribution in [0.1, 0.15) is 35.7 Å². The van der Waals surface area contributed by atoms with Crippen LogP contribution < -0.4 is 0 Å². The Morgan fingerprint density at radius 2 is 2.15 bits per heavy atom. The lowest BCUT2D eigenvalue weighted by atomic mass is 10.1. The first-order valence-electron chi connectivity index (χ1n) is 6.50. The smallest absolute Gasteiger partial charge is 0.376 e. The molecule has 0 saturated heterocycles. The number of halogens is 1. The van der Waals surface area contributed by atoms with Crippen molar-refractivity contribution in [2.75, 3.05) is 6.61 Å². The van der Waals surface area contributed by atoms with Crippen LogP contribution in [0, 0.1) is 12.7 Å². The van der Waals surface area contributed by atoms with E-state index in [1.165, 1.54) is 12.1 Å².